The molecular weight excluding hydrogens is 134 g/mol. The third-order valence-corrected chi connectivity index (χ3v) is 1.51. The average Bonchev–Trinajstić information content (AvgIpc) is 2.04. The van der Waals surface area contributed by atoms with Crippen molar-refractivity contribution >= 4 is 6.08 Å². The molecule has 1 rings (SSSR count). The Kier molecular flexibility index (Phi) is 2.87. The summed E-state index contributed by atoms with van der Waals surface area (Å²) in [5, 5.41) is 0. The molecule has 0 aliphatic heterocycles. The van der Waals surface area contributed by atoms with Crippen LogP contribution in [0.25, 0.3) is 6.08 Å². The van der Waals surface area contributed by atoms with E-state index in [0.29, 0.717) is 6.54 Å². The zero-order valence-electron chi connectivity index (χ0n) is 6.67. The van der Waals surface area contributed by atoms with Crippen molar-refractivity contribution in [1.82, 2.24) is 5.73 Å². The van der Waals surface area contributed by atoms with E-state index in [9.17, 15) is 0 Å². The number of aryl methyl sites for hydroxylation is 1. The van der Waals surface area contributed by atoms with Crippen LogP contribution >= 0.6 is 0 Å². The minimum absolute atomic E-state index is 0.355. The standard InChI is InChI=1S/C10H12N/c1-9-4-6-10(7-5-9)3-2-8-11/h2-7,11H,8H2,1H3/b3-2+. The molecule has 0 saturated carbocycles. The predicted octanol–water partition coefficient (Wildman–Crippen LogP) is 2.29. The number of hydrogen-bond acceptors (Lipinski definition) is 0. The van der Waals surface area contributed by atoms with Gasteiger partial charge in [0.15, 0.2) is 0 Å². The summed E-state index contributed by atoms with van der Waals surface area (Å²) in [5.41, 5.74) is 9.35. The first-order valence-electron chi connectivity index (χ1n) is 3.71. The van der Waals surface area contributed by atoms with Gasteiger partial charge in [-0.25, -0.2) is 0 Å². The highest BCUT2D eigenvalue weighted by Crippen LogP contribution is 2.04. The summed E-state index contributed by atoms with van der Waals surface area (Å²) in [7, 11) is 0. The lowest BCUT2D eigenvalue weighted by Gasteiger charge is -1.93. The van der Waals surface area contributed by atoms with Crippen molar-refractivity contribution in [3.05, 3.63) is 41.5 Å². The Hall–Kier alpha value is -1.08. The second-order valence-corrected chi connectivity index (χ2v) is 2.52. The minimum atomic E-state index is 0.355. The van der Waals surface area contributed by atoms with E-state index in [1.807, 2.05) is 12.2 Å². The zero-order valence-corrected chi connectivity index (χ0v) is 6.67. The summed E-state index contributed by atoms with van der Waals surface area (Å²) < 4.78 is 0. The Bertz CT molecular complexity index is 234. The number of rotatable bonds is 2. The smallest absolute Gasteiger partial charge is 0.0284 e. The van der Waals surface area contributed by atoms with Gasteiger partial charge in [-0.15, -0.1) is 0 Å². The van der Waals surface area contributed by atoms with Crippen LogP contribution in [0.15, 0.2) is 30.3 Å². The highest BCUT2D eigenvalue weighted by Gasteiger charge is 1.84. The fraction of sp³-hybridized carbons (Fsp3) is 0.200. The van der Waals surface area contributed by atoms with Gasteiger partial charge in [0.2, 0.25) is 0 Å². The summed E-state index contributed by atoms with van der Waals surface area (Å²) in [6, 6.07) is 8.26. The molecular formula is C10H12N. The van der Waals surface area contributed by atoms with E-state index < -0.39 is 0 Å². The van der Waals surface area contributed by atoms with E-state index >= 15 is 0 Å². The summed E-state index contributed by atoms with van der Waals surface area (Å²) in [5.74, 6) is 0. The molecule has 0 amide bonds. The quantitative estimate of drug-likeness (QED) is 0.611. The molecule has 0 spiro atoms. The van der Waals surface area contributed by atoms with Crippen LogP contribution in [0.5, 0.6) is 0 Å². The van der Waals surface area contributed by atoms with Gasteiger partial charge in [-0.2, -0.15) is 0 Å². The third-order valence-electron chi connectivity index (χ3n) is 1.51. The second kappa shape index (κ2) is 3.94. The maximum Gasteiger partial charge on any atom is 0.0284 e. The highest BCUT2D eigenvalue weighted by molar-refractivity contribution is 5.49. The van der Waals surface area contributed by atoms with Crippen molar-refractivity contribution in [2.75, 3.05) is 6.54 Å². The lowest BCUT2D eigenvalue weighted by molar-refractivity contribution is 1.20. The van der Waals surface area contributed by atoms with Crippen LogP contribution in [0.3, 0.4) is 0 Å². The summed E-state index contributed by atoms with van der Waals surface area (Å²) in [6.45, 7) is 2.42. The van der Waals surface area contributed by atoms with E-state index in [4.69, 9.17) is 5.73 Å². The number of benzene rings is 1. The van der Waals surface area contributed by atoms with E-state index in [1.54, 1.807) is 0 Å². The Morgan fingerprint density at radius 2 is 1.91 bits per heavy atom. The minimum Gasteiger partial charge on any atom is -0.254 e. The SMILES string of the molecule is Cc1ccc(/C=C/C[NH])cc1. The molecule has 1 aromatic rings. The predicted molar refractivity (Wildman–Crippen MR) is 48.2 cm³/mol. The first-order valence-corrected chi connectivity index (χ1v) is 3.71. The van der Waals surface area contributed by atoms with Gasteiger partial charge in [0.05, 0.1) is 0 Å². The van der Waals surface area contributed by atoms with Gasteiger partial charge in [0.1, 0.15) is 0 Å². The average molecular weight is 146 g/mol. The molecule has 1 nitrogen and oxygen atoms in total. The molecule has 0 unspecified atom stereocenters. The van der Waals surface area contributed by atoms with Crippen LogP contribution in [0.1, 0.15) is 11.1 Å². The normalized spacial score (nSPS) is 10.7. The van der Waals surface area contributed by atoms with Crippen molar-refractivity contribution in [2.24, 2.45) is 0 Å². The fourth-order valence-corrected chi connectivity index (χ4v) is 0.873. The molecule has 0 atom stereocenters. The molecule has 0 bridgehead atoms. The van der Waals surface area contributed by atoms with Crippen molar-refractivity contribution in [1.29, 1.82) is 0 Å². The zero-order chi connectivity index (χ0) is 8.10. The molecule has 57 valence electrons. The largest absolute Gasteiger partial charge is 0.254 e. The first kappa shape index (κ1) is 8.02. The fourth-order valence-electron chi connectivity index (χ4n) is 0.873. The van der Waals surface area contributed by atoms with Crippen molar-refractivity contribution < 1.29 is 0 Å². The second-order valence-electron chi connectivity index (χ2n) is 2.52. The van der Waals surface area contributed by atoms with E-state index in [0.717, 1.165) is 0 Å². The van der Waals surface area contributed by atoms with E-state index in [2.05, 4.69) is 31.2 Å². The Morgan fingerprint density at radius 1 is 1.27 bits per heavy atom. The molecule has 1 N–H and O–H groups in total. The first-order chi connectivity index (χ1) is 5.33. The Morgan fingerprint density at radius 3 is 2.45 bits per heavy atom. The van der Waals surface area contributed by atoms with Crippen LogP contribution in [0.2, 0.25) is 0 Å². The Labute approximate surface area is 67.5 Å². The maximum atomic E-state index is 6.91. The van der Waals surface area contributed by atoms with E-state index in [-0.39, 0.29) is 0 Å². The molecule has 0 aliphatic rings. The topological polar surface area (TPSA) is 23.8 Å². The van der Waals surface area contributed by atoms with E-state index in [1.165, 1.54) is 11.1 Å². The summed E-state index contributed by atoms with van der Waals surface area (Å²) in [6.07, 6.45) is 3.80. The molecule has 1 radical (unpaired) electrons. The highest BCUT2D eigenvalue weighted by atomic mass is 14.5. The van der Waals surface area contributed by atoms with Crippen LogP contribution in [-0.2, 0) is 0 Å². The van der Waals surface area contributed by atoms with Gasteiger partial charge < -0.3 is 0 Å². The molecule has 1 aromatic carbocycles. The Balaban J connectivity index is 2.73. The van der Waals surface area contributed by atoms with Gasteiger partial charge in [-0.3, -0.25) is 5.73 Å². The van der Waals surface area contributed by atoms with Crippen LogP contribution in [0.4, 0.5) is 0 Å². The van der Waals surface area contributed by atoms with Crippen LogP contribution < -0.4 is 5.73 Å². The number of hydrogen-bond donors (Lipinski definition) is 0. The van der Waals surface area contributed by atoms with Gasteiger partial charge in [-0.1, -0.05) is 42.0 Å². The monoisotopic (exact) mass is 146 g/mol. The molecule has 0 saturated heterocycles. The molecule has 11 heavy (non-hydrogen) atoms. The molecule has 0 aromatic heterocycles. The molecule has 1 heteroatoms. The maximum absolute atomic E-state index is 6.91. The summed E-state index contributed by atoms with van der Waals surface area (Å²) >= 11 is 0. The lowest BCUT2D eigenvalue weighted by Crippen LogP contribution is -1.76. The molecule has 0 heterocycles. The molecule has 0 aliphatic carbocycles. The summed E-state index contributed by atoms with van der Waals surface area (Å²) in [4.78, 5) is 0. The third kappa shape index (κ3) is 2.56. The molecule has 0 fully saturated rings. The van der Waals surface area contributed by atoms with Crippen molar-refractivity contribution in [3.63, 3.8) is 0 Å². The van der Waals surface area contributed by atoms with Gasteiger partial charge in [0.25, 0.3) is 0 Å². The van der Waals surface area contributed by atoms with Crippen LogP contribution in [-0.4, -0.2) is 6.54 Å². The number of nitrogens with one attached hydrogen (secondary N) is 1. The van der Waals surface area contributed by atoms with Gasteiger partial charge in [-0.05, 0) is 12.5 Å². The van der Waals surface area contributed by atoms with Crippen LogP contribution in [0, 0.1) is 6.92 Å². The lowest BCUT2D eigenvalue weighted by atomic mass is 10.1. The van der Waals surface area contributed by atoms with Gasteiger partial charge >= 0.3 is 0 Å². The van der Waals surface area contributed by atoms with Crippen molar-refractivity contribution in [3.8, 4) is 0 Å². The van der Waals surface area contributed by atoms with Gasteiger partial charge in [0, 0.05) is 6.54 Å². The van der Waals surface area contributed by atoms with Crippen molar-refractivity contribution in [2.45, 2.75) is 6.92 Å².